The fourth-order valence-electron chi connectivity index (χ4n) is 5.68. The van der Waals surface area contributed by atoms with E-state index in [1.165, 1.54) is 56.9 Å². The first kappa shape index (κ1) is 21.1. The number of hydrogen-bond donors (Lipinski definition) is 0. The largest absolute Gasteiger partial charge is 0.435 e. The summed E-state index contributed by atoms with van der Waals surface area (Å²) in [4.78, 5) is 0. The Hall–Kier alpha value is -2.16. The second-order valence-electron chi connectivity index (χ2n) is 9.10. The number of halogens is 2. The molecule has 2 aliphatic rings. The molecule has 0 radical (unpaired) electrons. The summed E-state index contributed by atoms with van der Waals surface area (Å²) in [6.45, 7) is 1.09. The maximum atomic E-state index is 12.3. The van der Waals surface area contributed by atoms with Crippen LogP contribution in [0.1, 0.15) is 62.8 Å². The molecule has 2 fully saturated rings. The number of fused-ring (bicyclic) bond motifs is 1. The molecule has 0 spiro atoms. The van der Waals surface area contributed by atoms with E-state index in [0.717, 1.165) is 28.9 Å². The minimum atomic E-state index is -2.78. The molecule has 4 atom stereocenters. The molecule has 160 valence electrons. The molecule has 4 unspecified atom stereocenters. The van der Waals surface area contributed by atoms with Gasteiger partial charge in [0, 0.05) is 0 Å². The van der Waals surface area contributed by atoms with Gasteiger partial charge in [0.05, 0.1) is 0 Å². The highest BCUT2D eigenvalue weighted by Gasteiger charge is 2.35. The normalized spacial score (nSPS) is 26.2. The molecule has 0 heterocycles. The second-order valence-corrected chi connectivity index (χ2v) is 9.10. The molecule has 2 aromatic rings. The zero-order chi connectivity index (χ0) is 20.9. The summed E-state index contributed by atoms with van der Waals surface area (Å²) in [7, 11) is 0. The number of allylic oxidation sites excluding steroid dienone is 1. The van der Waals surface area contributed by atoms with Crippen molar-refractivity contribution in [1.29, 1.82) is 0 Å². The minimum Gasteiger partial charge on any atom is -0.435 e. The van der Waals surface area contributed by atoms with Gasteiger partial charge in [0.15, 0.2) is 0 Å². The Kier molecular flexibility index (Phi) is 6.86. The van der Waals surface area contributed by atoms with E-state index in [-0.39, 0.29) is 5.75 Å². The highest BCUT2D eigenvalue weighted by Crippen LogP contribution is 2.48. The maximum absolute atomic E-state index is 12.3. The summed E-state index contributed by atoms with van der Waals surface area (Å²) in [5.74, 6) is 3.61. The molecular formula is C27H32F2O. The van der Waals surface area contributed by atoms with E-state index in [9.17, 15) is 8.78 Å². The first-order valence-electron chi connectivity index (χ1n) is 11.4. The van der Waals surface area contributed by atoms with E-state index >= 15 is 0 Å². The fraction of sp³-hybridized carbons (Fsp3) is 0.481. The molecule has 2 aromatic carbocycles. The van der Waals surface area contributed by atoms with Crippen molar-refractivity contribution in [2.75, 3.05) is 0 Å². The highest BCUT2D eigenvalue weighted by atomic mass is 19.3. The lowest BCUT2D eigenvalue weighted by Crippen LogP contribution is -2.30. The average Bonchev–Trinajstić information content (AvgIpc) is 2.77. The van der Waals surface area contributed by atoms with Crippen LogP contribution >= 0.6 is 0 Å². The third-order valence-corrected chi connectivity index (χ3v) is 7.30. The van der Waals surface area contributed by atoms with Gasteiger partial charge in [0.2, 0.25) is 0 Å². The molecule has 0 aromatic heterocycles. The van der Waals surface area contributed by atoms with Gasteiger partial charge in [0.1, 0.15) is 5.75 Å². The first-order valence-corrected chi connectivity index (χ1v) is 11.4. The topological polar surface area (TPSA) is 9.23 Å². The van der Waals surface area contributed by atoms with Gasteiger partial charge in [-0.3, -0.25) is 0 Å². The van der Waals surface area contributed by atoms with Crippen LogP contribution in [0.25, 0.3) is 11.1 Å². The van der Waals surface area contributed by atoms with Crippen molar-refractivity contribution in [3.63, 3.8) is 0 Å². The van der Waals surface area contributed by atoms with Crippen LogP contribution in [0.2, 0.25) is 0 Å². The van der Waals surface area contributed by atoms with Gasteiger partial charge in [-0.15, -0.1) is 6.58 Å². The van der Waals surface area contributed by atoms with Gasteiger partial charge in [-0.1, -0.05) is 48.9 Å². The van der Waals surface area contributed by atoms with Gasteiger partial charge >= 0.3 is 6.61 Å². The maximum Gasteiger partial charge on any atom is 0.387 e. The van der Waals surface area contributed by atoms with Gasteiger partial charge in [-0.05, 0) is 97.4 Å². The van der Waals surface area contributed by atoms with Gasteiger partial charge in [-0.25, -0.2) is 0 Å². The van der Waals surface area contributed by atoms with Crippen LogP contribution in [0.4, 0.5) is 8.78 Å². The van der Waals surface area contributed by atoms with E-state index in [2.05, 4.69) is 41.7 Å². The number of benzene rings is 2. The summed E-state index contributed by atoms with van der Waals surface area (Å²) in [6, 6.07) is 15.7. The number of hydrogen-bond acceptors (Lipinski definition) is 1. The molecule has 30 heavy (non-hydrogen) atoms. The Bertz CT molecular complexity index is 812. The predicted octanol–water partition coefficient (Wildman–Crippen LogP) is 8.22. The summed E-state index contributed by atoms with van der Waals surface area (Å²) in [5, 5.41) is 0. The smallest absolute Gasteiger partial charge is 0.387 e. The van der Waals surface area contributed by atoms with Crippen molar-refractivity contribution in [1.82, 2.24) is 0 Å². The third-order valence-electron chi connectivity index (χ3n) is 7.30. The Labute approximate surface area is 179 Å². The molecule has 0 bridgehead atoms. The van der Waals surface area contributed by atoms with E-state index < -0.39 is 6.61 Å². The molecule has 0 aliphatic heterocycles. The van der Waals surface area contributed by atoms with E-state index in [1.807, 2.05) is 12.1 Å². The monoisotopic (exact) mass is 410 g/mol. The van der Waals surface area contributed by atoms with E-state index in [1.54, 1.807) is 12.1 Å². The highest BCUT2D eigenvalue weighted by molar-refractivity contribution is 5.64. The number of ether oxygens (including phenoxy) is 1. The molecule has 2 aliphatic carbocycles. The van der Waals surface area contributed by atoms with Crippen LogP contribution in [-0.2, 0) is 0 Å². The Balaban J connectivity index is 1.35. The van der Waals surface area contributed by atoms with Crippen molar-refractivity contribution in [2.24, 2.45) is 17.8 Å². The van der Waals surface area contributed by atoms with Crippen LogP contribution in [0.3, 0.4) is 0 Å². The van der Waals surface area contributed by atoms with Crippen molar-refractivity contribution >= 4 is 0 Å². The summed E-state index contributed by atoms with van der Waals surface area (Å²) < 4.78 is 29.1. The van der Waals surface area contributed by atoms with Crippen LogP contribution in [0, 0.1) is 17.8 Å². The van der Waals surface area contributed by atoms with Crippen molar-refractivity contribution < 1.29 is 13.5 Å². The fourth-order valence-corrected chi connectivity index (χ4v) is 5.68. The lowest BCUT2D eigenvalue weighted by atomic mass is 9.63. The molecular weight excluding hydrogens is 378 g/mol. The van der Waals surface area contributed by atoms with Crippen molar-refractivity contribution in [2.45, 2.75) is 63.9 Å². The average molecular weight is 411 g/mol. The van der Waals surface area contributed by atoms with Crippen molar-refractivity contribution in [3.05, 3.63) is 66.7 Å². The SMILES string of the molecule is C=CCCC1CCC2CC(c3ccc(-c4ccc(OC(F)F)cc4)cc3)CCC2C1. The van der Waals surface area contributed by atoms with Crippen molar-refractivity contribution in [3.8, 4) is 16.9 Å². The molecule has 0 saturated heterocycles. The number of rotatable bonds is 7. The third kappa shape index (κ3) is 5.11. The van der Waals surface area contributed by atoms with Crippen LogP contribution in [0.5, 0.6) is 5.75 Å². The second kappa shape index (κ2) is 9.76. The lowest BCUT2D eigenvalue weighted by Gasteiger charge is -2.42. The standard InChI is InChI=1S/C27H32F2O/c1-2-3-4-19-5-6-25-18-24(12-11-23(25)17-19)22-9-7-20(8-10-22)21-13-15-26(16-14-21)30-27(28)29/h2,7-10,13-16,19,23-25,27H,1,3-6,11-12,17-18H2. The minimum absolute atomic E-state index is 0.196. The molecule has 1 nitrogen and oxygen atoms in total. The summed E-state index contributed by atoms with van der Waals surface area (Å²) in [5.41, 5.74) is 3.58. The van der Waals surface area contributed by atoms with Crippen LogP contribution in [-0.4, -0.2) is 6.61 Å². The van der Waals surface area contributed by atoms with Crippen LogP contribution < -0.4 is 4.74 Å². The Morgan fingerprint density at radius 3 is 2.17 bits per heavy atom. The molecule has 4 rings (SSSR count). The van der Waals surface area contributed by atoms with E-state index in [0.29, 0.717) is 5.92 Å². The predicted molar refractivity (Wildman–Crippen MR) is 119 cm³/mol. The molecule has 3 heteroatoms. The van der Waals surface area contributed by atoms with Gasteiger partial charge in [-0.2, -0.15) is 8.78 Å². The lowest BCUT2D eigenvalue weighted by molar-refractivity contribution is -0.0498. The molecule has 0 N–H and O–H groups in total. The van der Waals surface area contributed by atoms with Gasteiger partial charge in [0.25, 0.3) is 0 Å². The summed E-state index contributed by atoms with van der Waals surface area (Å²) >= 11 is 0. The van der Waals surface area contributed by atoms with Crippen LogP contribution in [0.15, 0.2) is 61.2 Å². The number of alkyl halides is 2. The first-order chi connectivity index (χ1) is 14.6. The van der Waals surface area contributed by atoms with E-state index in [4.69, 9.17) is 0 Å². The molecule has 2 saturated carbocycles. The Morgan fingerprint density at radius 2 is 1.50 bits per heavy atom. The summed E-state index contributed by atoms with van der Waals surface area (Å²) in [6.07, 6.45) is 12.8. The zero-order valence-electron chi connectivity index (χ0n) is 17.6. The van der Waals surface area contributed by atoms with Gasteiger partial charge < -0.3 is 4.74 Å². The Morgan fingerprint density at radius 1 is 0.867 bits per heavy atom. The molecule has 0 amide bonds. The zero-order valence-corrected chi connectivity index (χ0v) is 17.6. The quantitative estimate of drug-likeness (QED) is 0.418.